The van der Waals surface area contributed by atoms with Gasteiger partial charge in [-0.3, -0.25) is 4.79 Å². The van der Waals surface area contributed by atoms with Gasteiger partial charge in [0.1, 0.15) is 5.75 Å². The number of carbonyl (C=O) groups excluding carboxylic acids is 1. The summed E-state index contributed by atoms with van der Waals surface area (Å²) in [5.41, 5.74) is 5.82. The first kappa shape index (κ1) is 29.4. The number of hydrogen-bond donors (Lipinski definition) is 2. The van der Waals surface area contributed by atoms with Gasteiger partial charge in [0.15, 0.2) is 0 Å². The first-order chi connectivity index (χ1) is 20.5. The van der Waals surface area contributed by atoms with Gasteiger partial charge in [0.25, 0.3) is 5.91 Å². The number of fused-ring (bicyclic) bond motifs is 1. The molecule has 0 aliphatic rings. The number of carbonyl (C=O) groups is 2. The van der Waals surface area contributed by atoms with Crippen molar-refractivity contribution in [2.75, 3.05) is 7.11 Å². The number of ether oxygens (including phenoxy) is 1. The van der Waals surface area contributed by atoms with E-state index in [1.54, 1.807) is 24.3 Å². The summed E-state index contributed by atoms with van der Waals surface area (Å²) in [5, 5.41) is 13.2. The zero-order valence-corrected chi connectivity index (χ0v) is 23.8. The van der Waals surface area contributed by atoms with Crippen molar-refractivity contribution in [2.24, 2.45) is 0 Å². The number of aromatic nitrogens is 1. The topological polar surface area (TPSA) is 80.6 Å². The number of carboxylic acids is 1. The van der Waals surface area contributed by atoms with Crippen LogP contribution in [0.3, 0.4) is 0 Å². The number of methoxy groups -OCH3 is 1. The van der Waals surface area contributed by atoms with E-state index in [0.717, 1.165) is 45.4 Å². The van der Waals surface area contributed by atoms with Crippen LogP contribution in [0.2, 0.25) is 0 Å². The number of rotatable bonds is 8. The zero-order chi connectivity index (χ0) is 30.9. The highest BCUT2D eigenvalue weighted by molar-refractivity contribution is 5.99. The predicted octanol–water partition coefficient (Wildman–Crippen LogP) is 7.63. The van der Waals surface area contributed by atoms with Gasteiger partial charge >= 0.3 is 12.1 Å². The van der Waals surface area contributed by atoms with Gasteiger partial charge in [-0.15, -0.1) is 0 Å². The van der Waals surface area contributed by atoms with E-state index in [-0.39, 0.29) is 23.8 Å². The highest BCUT2D eigenvalue weighted by atomic mass is 19.4. The third-order valence-electron chi connectivity index (χ3n) is 7.72. The quantitative estimate of drug-likeness (QED) is 0.196. The number of benzene rings is 4. The summed E-state index contributed by atoms with van der Waals surface area (Å²) in [6.45, 7) is 4.60. The van der Waals surface area contributed by atoms with Gasteiger partial charge in [-0.1, -0.05) is 48.5 Å². The summed E-state index contributed by atoms with van der Waals surface area (Å²) >= 11 is 0. The molecule has 220 valence electrons. The Morgan fingerprint density at radius 3 is 2.33 bits per heavy atom. The first-order valence-electron chi connectivity index (χ1n) is 13.5. The van der Waals surface area contributed by atoms with Gasteiger partial charge in [-0.05, 0) is 72.5 Å². The first-order valence-corrected chi connectivity index (χ1v) is 13.5. The van der Waals surface area contributed by atoms with E-state index in [0.29, 0.717) is 23.2 Å². The molecule has 5 aromatic rings. The fourth-order valence-corrected chi connectivity index (χ4v) is 5.23. The fraction of sp³-hybridized carbons (Fsp3) is 0.176. The summed E-state index contributed by atoms with van der Waals surface area (Å²) in [6.07, 6.45) is -4.49. The molecule has 0 unspecified atom stereocenters. The van der Waals surface area contributed by atoms with Crippen molar-refractivity contribution < 1.29 is 32.6 Å². The Hall–Kier alpha value is -5.05. The largest absolute Gasteiger partial charge is 0.496 e. The van der Waals surface area contributed by atoms with Crippen molar-refractivity contribution >= 4 is 22.8 Å². The molecule has 6 nitrogen and oxygen atoms in total. The van der Waals surface area contributed by atoms with E-state index < -0.39 is 17.7 Å². The van der Waals surface area contributed by atoms with Gasteiger partial charge in [0.2, 0.25) is 0 Å². The molecule has 1 aromatic heterocycles. The second-order valence-corrected chi connectivity index (χ2v) is 10.3. The number of alkyl halides is 3. The molecule has 4 aromatic carbocycles. The molecular weight excluding hydrogens is 557 g/mol. The van der Waals surface area contributed by atoms with Crippen molar-refractivity contribution in [2.45, 2.75) is 33.1 Å². The van der Waals surface area contributed by atoms with Crippen molar-refractivity contribution in [3.8, 4) is 16.9 Å². The Morgan fingerprint density at radius 1 is 0.930 bits per heavy atom. The number of halogens is 3. The van der Waals surface area contributed by atoms with Gasteiger partial charge in [-0.25, -0.2) is 4.79 Å². The normalized spacial score (nSPS) is 11.5. The van der Waals surface area contributed by atoms with Gasteiger partial charge < -0.3 is 19.7 Å². The maximum atomic E-state index is 13.1. The van der Waals surface area contributed by atoms with E-state index in [2.05, 4.69) is 9.88 Å². The number of hydrogen-bond acceptors (Lipinski definition) is 3. The van der Waals surface area contributed by atoms with E-state index in [1.807, 2.05) is 56.3 Å². The zero-order valence-electron chi connectivity index (χ0n) is 23.8. The molecule has 1 heterocycles. The van der Waals surface area contributed by atoms with Gasteiger partial charge in [0.05, 0.1) is 18.2 Å². The molecule has 2 N–H and O–H groups in total. The van der Waals surface area contributed by atoms with E-state index in [1.165, 1.54) is 13.2 Å². The molecule has 43 heavy (non-hydrogen) atoms. The van der Waals surface area contributed by atoms with Crippen molar-refractivity contribution in [3.05, 3.63) is 124 Å². The van der Waals surface area contributed by atoms with Crippen molar-refractivity contribution in [3.63, 3.8) is 0 Å². The third kappa shape index (κ3) is 5.97. The van der Waals surface area contributed by atoms with Crippen LogP contribution in [0.5, 0.6) is 5.75 Å². The molecule has 0 aliphatic heterocycles. The smallest absolute Gasteiger partial charge is 0.416 e. The molecule has 0 saturated carbocycles. The standard InChI is InChI=1S/C34H29F3N2O4/c1-20-21(2)39(19-22-8-10-23(11-9-22)27-6-4-5-7-28(27)33(41)42)30-15-13-24(16-29(20)30)32(40)38-18-25-12-14-26(34(35,36)37)17-31(25)43-3/h4-17H,18-19H2,1-3H3,(H,38,40)(H,41,42). The Balaban J connectivity index is 1.35. The van der Waals surface area contributed by atoms with Gasteiger partial charge in [-0.2, -0.15) is 13.2 Å². The van der Waals surface area contributed by atoms with Crippen LogP contribution in [-0.2, 0) is 19.3 Å². The number of nitrogens with zero attached hydrogens (tertiary/aromatic N) is 1. The maximum absolute atomic E-state index is 13.1. The predicted molar refractivity (Wildman–Crippen MR) is 159 cm³/mol. The minimum Gasteiger partial charge on any atom is -0.496 e. The second kappa shape index (κ2) is 11.7. The van der Waals surface area contributed by atoms with E-state index in [9.17, 15) is 27.9 Å². The molecule has 9 heteroatoms. The van der Waals surface area contributed by atoms with Crippen LogP contribution in [0.25, 0.3) is 22.0 Å². The lowest BCUT2D eigenvalue weighted by Crippen LogP contribution is -2.23. The Bertz CT molecular complexity index is 1840. The molecule has 0 radical (unpaired) electrons. The Morgan fingerprint density at radius 2 is 1.65 bits per heavy atom. The summed E-state index contributed by atoms with van der Waals surface area (Å²) in [5.74, 6) is -1.28. The van der Waals surface area contributed by atoms with Crippen LogP contribution in [0, 0.1) is 13.8 Å². The van der Waals surface area contributed by atoms with Crippen LogP contribution in [0.1, 0.15) is 48.7 Å². The lowest BCUT2D eigenvalue weighted by molar-refractivity contribution is -0.137. The van der Waals surface area contributed by atoms with Gasteiger partial charge in [0, 0.05) is 40.8 Å². The molecule has 0 atom stereocenters. The molecule has 0 aliphatic carbocycles. The second-order valence-electron chi connectivity index (χ2n) is 10.3. The third-order valence-corrected chi connectivity index (χ3v) is 7.72. The molecule has 1 amide bonds. The Kier molecular flexibility index (Phi) is 8.00. The van der Waals surface area contributed by atoms with Crippen LogP contribution in [0.4, 0.5) is 13.2 Å². The van der Waals surface area contributed by atoms with Crippen molar-refractivity contribution in [1.29, 1.82) is 0 Å². The fourth-order valence-electron chi connectivity index (χ4n) is 5.23. The Labute approximate surface area is 246 Å². The number of aromatic carboxylic acids is 1. The minimum absolute atomic E-state index is 0.00410. The molecular formula is C34H29F3N2O4. The van der Waals surface area contributed by atoms with Crippen molar-refractivity contribution in [1.82, 2.24) is 9.88 Å². The van der Waals surface area contributed by atoms with Crippen LogP contribution in [0.15, 0.2) is 84.9 Å². The summed E-state index contributed by atoms with van der Waals surface area (Å²) in [7, 11) is 1.29. The minimum atomic E-state index is -4.49. The average molecular weight is 587 g/mol. The molecule has 0 bridgehead atoms. The summed E-state index contributed by atoms with van der Waals surface area (Å²) in [6, 6.07) is 23.3. The average Bonchev–Trinajstić information content (AvgIpc) is 3.23. The molecule has 0 fully saturated rings. The number of amides is 1. The molecule has 0 saturated heterocycles. The SMILES string of the molecule is COc1cc(C(F)(F)F)ccc1CNC(=O)c1ccc2c(c1)c(C)c(C)n2Cc1ccc(-c2ccccc2C(=O)O)cc1. The van der Waals surface area contributed by atoms with Crippen LogP contribution >= 0.6 is 0 Å². The maximum Gasteiger partial charge on any atom is 0.416 e. The molecule has 5 rings (SSSR count). The lowest BCUT2D eigenvalue weighted by Gasteiger charge is -2.13. The summed E-state index contributed by atoms with van der Waals surface area (Å²) < 4.78 is 46.5. The number of aryl methyl sites for hydroxylation is 1. The van der Waals surface area contributed by atoms with E-state index in [4.69, 9.17) is 4.74 Å². The number of carboxylic acid groups (broad SMARTS) is 1. The van der Waals surface area contributed by atoms with E-state index >= 15 is 0 Å². The monoisotopic (exact) mass is 586 g/mol. The van der Waals surface area contributed by atoms with Crippen LogP contribution < -0.4 is 10.1 Å². The highest BCUT2D eigenvalue weighted by Gasteiger charge is 2.31. The highest BCUT2D eigenvalue weighted by Crippen LogP contribution is 2.33. The lowest BCUT2D eigenvalue weighted by atomic mass is 9.99. The molecule has 0 spiro atoms. The summed E-state index contributed by atoms with van der Waals surface area (Å²) in [4.78, 5) is 24.7. The van der Waals surface area contributed by atoms with Crippen LogP contribution in [-0.4, -0.2) is 28.7 Å². The number of nitrogens with one attached hydrogen (secondary N) is 1.